The van der Waals surface area contributed by atoms with Crippen molar-refractivity contribution in [1.82, 2.24) is 9.55 Å². The smallest absolute Gasteiger partial charge is 0.132 e. The summed E-state index contributed by atoms with van der Waals surface area (Å²) in [6.07, 6.45) is 0. The van der Waals surface area contributed by atoms with Crippen molar-refractivity contribution < 1.29 is 0 Å². The van der Waals surface area contributed by atoms with Gasteiger partial charge in [0.05, 0.1) is 31.6 Å². The van der Waals surface area contributed by atoms with Crippen LogP contribution in [0.15, 0.2) is 40.9 Å². The first-order chi connectivity index (χ1) is 9.99. The molecule has 0 amide bonds. The van der Waals surface area contributed by atoms with E-state index >= 15 is 0 Å². The Morgan fingerprint density at radius 2 is 2.05 bits per heavy atom. The van der Waals surface area contributed by atoms with Gasteiger partial charge in [0.2, 0.25) is 0 Å². The minimum Gasteiger partial charge on any atom is -0.294 e. The molecule has 0 aliphatic rings. The lowest BCUT2D eigenvalue weighted by Gasteiger charge is -2.13. The van der Waals surface area contributed by atoms with Gasteiger partial charge in [-0.15, -0.1) is 11.6 Å². The molecule has 3 rings (SSSR count). The van der Waals surface area contributed by atoms with Gasteiger partial charge in [-0.05, 0) is 75.8 Å². The number of halogens is 4. The maximum atomic E-state index is 6.33. The van der Waals surface area contributed by atoms with E-state index in [1.54, 1.807) is 0 Å². The van der Waals surface area contributed by atoms with Crippen LogP contribution in [0, 0.1) is 3.57 Å². The molecule has 1 unspecified atom stereocenters. The number of imidazole rings is 1. The van der Waals surface area contributed by atoms with Crippen LogP contribution in [0.1, 0.15) is 18.1 Å². The van der Waals surface area contributed by atoms with Crippen molar-refractivity contribution in [2.45, 2.75) is 12.3 Å². The van der Waals surface area contributed by atoms with Crippen LogP contribution in [-0.4, -0.2) is 9.55 Å². The van der Waals surface area contributed by atoms with Crippen molar-refractivity contribution in [3.8, 4) is 5.69 Å². The lowest BCUT2D eigenvalue weighted by atomic mass is 10.2. The van der Waals surface area contributed by atoms with E-state index in [0.717, 1.165) is 30.6 Å². The second kappa shape index (κ2) is 6.07. The number of rotatable bonds is 2. The third-order valence-electron chi connectivity index (χ3n) is 3.17. The zero-order chi connectivity index (χ0) is 15.1. The molecule has 2 nitrogen and oxygen atoms in total. The fourth-order valence-corrected chi connectivity index (χ4v) is 3.49. The lowest BCUT2D eigenvalue weighted by Crippen LogP contribution is -2.02. The molecule has 2 aromatic carbocycles. The Kier molecular flexibility index (Phi) is 4.50. The van der Waals surface area contributed by atoms with Gasteiger partial charge in [-0.3, -0.25) is 4.57 Å². The summed E-state index contributed by atoms with van der Waals surface area (Å²) < 4.78 is 4.03. The molecule has 3 aromatic rings. The van der Waals surface area contributed by atoms with Crippen molar-refractivity contribution in [3.05, 3.63) is 55.3 Å². The Bertz CT molecular complexity index is 830. The maximum Gasteiger partial charge on any atom is 0.132 e. The Morgan fingerprint density at radius 1 is 1.29 bits per heavy atom. The Morgan fingerprint density at radius 3 is 2.76 bits per heavy atom. The Labute approximate surface area is 154 Å². The first kappa shape index (κ1) is 15.6. The normalized spacial score (nSPS) is 12.8. The summed E-state index contributed by atoms with van der Waals surface area (Å²) in [7, 11) is 0. The summed E-state index contributed by atoms with van der Waals surface area (Å²) >= 11 is 18.4. The van der Waals surface area contributed by atoms with Crippen LogP contribution in [-0.2, 0) is 0 Å². The average Bonchev–Trinajstić information content (AvgIpc) is 2.80. The number of benzene rings is 2. The van der Waals surface area contributed by atoms with E-state index in [0.29, 0.717) is 5.02 Å². The molecule has 1 heterocycles. The van der Waals surface area contributed by atoms with Crippen LogP contribution in [0.2, 0.25) is 5.02 Å². The van der Waals surface area contributed by atoms with E-state index in [9.17, 15) is 0 Å². The van der Waals surface area contributed by atoms with Crippen molar-refractivity contribution in [2.75, 3.05) is 0 Å². The van der Waals surface area contributed by atoms with Crippen molar-refractivity contribution in [3.63, 3.8) is 0 Å². The molecule has 0 bridgehead atoms. The molecule has 21 heavy (non-hydrogen) atoms. The SMILES string of the molecule is CC(Cl)c1nc2cc(I)ccc2n1-c1cccc(Cl)c1Br. The van der Waals surface area contributed by atoms with Gasteiger partial charge in [-0.1, -0.05) is 17.7 Å². The highest BCUT2D eigenvalue weighted by atomic mass is 127. The van der Waals surface area contributed by atoms with Crippen molar-refractivity contribution in [2.24, 2.45) is 0 Å². The first-order valence-electron chi connectivity index (χ1n) is 6.25. The molecule has 0 saturated heterocycles. The van der Waals surface area contributed by atoms with Gasteiger partial charge in [-0.2, -0.15) is 0 Å². The van der Waals surface area contributed by atoms with Crippen LogP contribution in [0.4, 0.5) is 0 Å². The van der Waals surface area contributed by atoms with Crippen LogP contribution >= 0.6 is 61.7 Å². The number of hydrogen-bond donors (Lipinski definition) is 0. The number of nitrogens with zero attached hydrogens (tertiary/aromatic N) is 2. The van der Waals surface area contributed by atoms with E-state index in [1.807, 2.05) is 31.2 Å². The fourth-order valence-electron chi connectivity index (χ4n) is 2.26. The molecule has 0 spiro atoms. The average molecular weight is 496 g/mol. The molecule has 1 atom stereocenters. The van der Waals surface area contributed by atoms with Crippen LogP contribution in [0.25, 0.3) is 16.7 Å². The molecule has 0 fully saturated rings. The summed E-state index contributed by atoms with van der Waals surface area (Å²) in [5.41, 5.74) is 2.88. The summed E-state index contributed by atoms with van der Waals surface area (Å²) in [5.74, 6) is 0.802. The molecule has 108 valence electrons. The van der Waals surface area contributed by atoms with Gasteiger partial charge in [-0.25, -0.2) is 4.98 Å². The van der Waals surface area contributed by atoms with Gasteiger partial charge >= 0.3 is 0 Å². The third kappa shape index (κ3) is 2.83. The highest BCUT2D eigenvalue weighted by Crippen LogP contribution is 2.35. The minimum absolute atomic E-state index is 0.207. The summed E-state index contributed by atoms with van der Waals surface area (Å²) in [6.45, 7) is 1.92. The largest absolute Gasteiger partial charge is 0.294 e. The summed E-state index contributed by atoms with van der Waals surface area (Å²) in [5, 5.41) is 0.453. The zero-order valence-corrected chi connectivity index (χ0v) is 16.2. The topological polar surface area (TPSA) is 17.8 Å². The molecular weight excluding hydrogens is 486 g/mol. The van der Waals surface area contributed by atoms with E-state index in [1.165, 1.54) is 0 Å². The second-order valence-electron chi connectivity index (χ2n) is 4.63. The zero-order valence-electron chi connectivity index (χ0n) is 10.9. The highest BCUT2D eigenvalue weighted by Gasteiger charge is 2.18. The van der Waals surface area contributed by atoms with E-state index in [4.69, 9.17) is 23.2 Å². The van der Waals surface area contributed by atoms with E-state index in [-0.39, 0.29) is 5.38 Å². The fraction of sp³-hybridized carbons (Fsp3) is 0.133. The maximum absolute atomic E-state index is 6.33. The van der Waals surface area contributed by atoms with Gasteiger partial charge < -0.3 is 0 Å². The lowest BCUT2D eigenvalue weighted by molar-refractivity contribution is 0.880. The minimum atomic E-state index is -0.207. The highest BCUT2D eigenvalue weighted by molar-refractivity contribution is 14.1. The standard InChI is InChI=1S/C15H10BrCl2IN2/c1-8(17)15-20-11-7-9(19)5-6-12(11)21(15)13-4-2-3-10(18)14(13)16/h2-8H,1H3. The quantitative estimate of drug-likeness (QED) is 0.299. The molecule has 0 aliphatic heterocycles. The molecular formula is C15H10BrCl2IN2. The third-order valence-corrected chi connectivity index (χ3v) is 5.41. The Balaban J connectivity index is 2.39. The molecule has 0 radical (unpaired) electrons. The van der Waals surface area contributed by atoms with Gasteiger partial charge in [0.15, 0.2) is 0 Å². The van der Waals surface area contributed by atoms with Gasteiger partial charge in [0, 0.05) is 3.57 Å². The number of fused-ring (bicyclic) bond motifs is 1. The molecule has 1 aromatic heterocycles. The molecule has 0 aliphatic carbocycles. The predicted molar refractivity (Wildman–Crippen MR) is 101 cm³/mol. The van der Waals surface area contributed by atoms with Crippen LogP contribution < -0.4 is 0 Å². The molecule has 0 saturated carbocycles. The number of hydrogen-bond acceptors (Lipinski definition) is 1. The summed E-state index contributed by atoms with van der Waals surface area (Å²) in [6, 6.07) is 11.9. The van der Waals surface area contributed by atoms with Crippen LogP contribution in [0.5, 0.6) is 0 Å². The first-order valence-corrected chi connectivity index (χ1v) is 8.94. The van der Waals surface area contributed by atoms with Gasteiger partial charge in [0.25, 0.3) is 0 Å². The Hall–Kier alpha value is -0.300. The molecule has 6 heteroatoms. The molecule has 0 N–H and O–H groups in total. The number of alkyl halides is 1. The van der Waals surface area contributed by atoms with Crippen molar-refractivity contribution >= 4 is 72.8 Å². The van der Waals surface area contributed by atoms with E-state index < -0.39 is 0 Å². The second-order valence-corrected chi connectivity index (χ2v) is 7.73. The number of aromatic nitrogens is 2. The predicted octanol–water partition coefficient (Wildman–Crippen LogP) is 6.35. The van der Waals surface area contributed by atoms with Gasteiger partial charge in [0.1, 0.15) is 5.82 Å². The monoisotopic (exact) mass is 494 g/mol. The van der Waals surface area contributed by atoms with E-state index in [2.05, 4.69) is 60.2 Å². The van der Waals surface area contributed by atoms with Crippen molar-refractivity contribution in [1.29, 1.82) is 0 Å². The summed E-state index contributed by atoms with van der Waals surface area (Å²) in [4.78, 5) is 4.68. The van der Waals surface area contributed by atoms with Crippen LogP contribution in [0.3, 0.4) is 0 Å².